The summed E-state index contributed by atoms with van der Waals surface area (Å²) in [6.07, 6.45) is -11.3. The van der Waals surface area contributed by atoms with Gasteiger partial charge in [-0.1, -0.05) is 0 Å². The second kappa shape index (κ2) is 20.6. The Bertz CT molecular complexity index is 2900. The fourth-order valence-corrected chi connectivity index (χ4v) is 7.62. The molecule has 5 aromatic rings. The Balaban J connectivity index is 0.000000168. The van der Waals surface area contributed by atoms with E-state index >= 15 is 0 Å². The van der Waals surface area contributed by atoms with Crippen LogP contribution in [-0.4, -0.2) is 183 Å². The van der Waals surface area contributed by atoms with E-state index in [0.29, 0.717) is 0 Å². The summed E-state index contributed by atoms with van der Waals surface area (Å²) >= 11 is 0. The minimum atomic E-state index is -4.76. The zero-order valence-electron chi connectivity index (χ0n) is 33.8. The van der Waals surface area contributed by atoms with E-state index in [1.54, 1.807) is 0 Å². The molecule has 68 heavy (non-hydrogen) atoms. The zero-order chi connectivity index (χ0) is 50.2. The number of aliphatic hydroxyl groups is 6. The lowest BCUT2D eigenvalue weighted by molar-refractivity contribution is -0.0542. The summed E-state index contributed by atoms with van der Waals surface area (Å²) in [6.45, 7) is -1.93. The maximum Gasteiger partial charge on any atom is 0.469 e. The summed E-state index contributed by atoms with van der Waals surface area (Å²) in [4.78, 5) is 111. The number of aromatic amines is 2. The monoisotopic (exact) mass is 1030 g/mol. The summed E-state index contributed by atoms with van der Waals surface area (Å²) < 4.78 is 64.1. The number of nitrogens with one attached hydrogen (secondary N) is 2. The number of aliphatic hydroxyl groups excluding tert-OH is 6. The van der Waals surface area contributed by atoms with Crippen LogP contribution < -0.4 is 28.3 Å². The van der Waals surface area contributed by atoms with E-state index in [9.17, 15) is 58.7 Å². The standard InChI is InChI=1S/C10H14N5O8P.C10H13N4O8P.C9H14N3O8P/c11-10-13-7-4(8(18)14-10)12-2-15(7)9-6(17)5(16)3(23-9)1-22-24(19,20)21;15-6-4(1-21-23(18,19)20)22-10(7(6)16)14-3-13-5-8(14)11-2-12-9(5)17;10-5-1-2-12(9(15)11-5)8-7(14)6(13)4(20-8)3-19-21(16,17)18/h2-3,5-6,9,16-17H,1H2,(H2,19,20,21)(H3,11,13,14,18);2-4,6-7,10,15-16H,1H2,(H,11,12,17)(H2,18,19,20);1-2,4,6-8,13-14H,3H2,(H2,10,11,15)(H2,16,17,18). The first-order chi connectivity index (χ1) is 31.6. The first-order valence-corrected chi connectivity index (χ1v) is 23.4. The number of ether oxygens (including phenoxy) is 3. The van der Waals surface area contributed by atoms with Crippen LogP contribution in [0.15, 0.2) is 45.6 Å². The van der Waals surface area contributed by atoms with Gasteiger partial charge in [0, 0.05) is 6.20 Å². The minimum absolute atomic E-state index is 0.0176. The third-order valence-corrected chi connectivity index (χ3v) is 11.2. The first kappa shape index (κ1) is 52.5. The van der Waals surface area contributed by atoms with Gasteiger partial charge in [-0.05, 0) is 6.07 Å². The average molecular weight is 1030 g/mol. The van der Waals surface area contributed by atoms with Gasteiger partial charge in [0.15, 0.2) is 41.0 Å². The van der Waals surface area contributed by atoms with E-state index in [-0.39, 0.29) is 34.1 Å². The topological polar surface area (TPSA) is 563 Å². The van der Waals surface area contributed by atoms with Crippen molar-refractivity contribution in [2.24, 2.45) is 0 Å². The molecular formula is C29H41N12O24P3. The number of H-pyrrole nitrogens is 2. The smallest absolute Gasteiger partial charge is 0.387 e. The highest BCUT2D eigenvalue weighted by Crippen LogP contribution is 2.41. The largest absolute Gasteiger partial charge is 0.469 e. The Morgan fingerprint density at radius 1 is 0.588 bits per heavy atom. The van der Waals surface area contributed by atoms with Crippen molar-refractivity contribution in [3.63, 3.8) is 0 Å². The molecule has 3 aliphatic rings. The Hall–Kier alpha value is -4.85. The van der Waals surface area contributed by atoms with Crippen molar-refractivity contribution in [3.05, 3.63) is 62.4 Å². The van der Waals surface area contributed by atoms with Crippen molar-refractivity contribution in [1.82, 2.24) is 48.6 Å². The normalized spacial score (nSPS) is 28.6. The lowest BCUT2D eigenvalue weighted by atomic mass is 10.1. The average Bonchev–Trinajstić information content (AvgIpc) is 4.05. The Morgan fingerprint density at radius 3 is 1.43 bits per heavy atom. The summed E-state index contributed by atoms with van der Waals surface area (Å²) in [5.74, 6) is -0.200. The third-order valence-electron chi connectivity index (χ3n) is 9.72. The van der Waals surface area contributed by atoms with Crippen LogP contribution in [0.1, 0.15) is 18.7 Å². The molecule has 0 bridgehead atoms. The first-order valence-electron chi connectivity index (χ1n) is 18.8. The molecule has 0 aliphatic carbocycles. The predicted octanol–water partition coefficient (Wildman–Crippen LogP) is -7.17. The molecule has 18 N–H and O–H groups in total. The van der Waals surface area contributed by atoms with Gasteiger partial charge in [-0.25, -0.2) is 33.4 Å². The van der Waals surface area contributed by atoms with Crippen LogP contribution in [0, 0.1) is 0 Å². The quantitative estimate of drug-likeness (QED) is 0.0516. The number of nitrogens with two attached hydrogens (primary N) is 2. The van der Waals surface area contributed by atoms with Gasteiger partial charge in [-0.2, -0.15) is 9.97 Å². The Morgan fingerprint density at radius 2 is 1.00 bits per heavy atom. The van der Waals surface area contributed by atoms with Crippen molar-refractivity contribution in [2.45, 2.75) is 73.6 Å². The van der Waals surface area contributed by atoms with Crippen molar-refractivity contribution in [2.75, 3.05) is 31.3 Å². The van der Waals surface area contributed by atoms with Gasteiger partial charge in [0.25, 0.3) is 11.1 Å². The SMILES string of the molecule is Nc1ccn(C2OC(COP(=O)(O)O)C(O)C2O)c(=O)n1.Nc1nc2c(ncn2C2OC(COP(=O)(O)O)C(O)C2O)c(=O)[nH]1.O=c1[nH]cnc2c1ncn2C1OC(COP(=O)(O)O)C(O)C1O. The van der Waals surface area contributed by atoms with Gasteiger partial charge in [-0.15, -0.1) is 0 Å². The summed E-state index contributed by atoms with van der Waals surface area (Å²) in [5, 5.41) is 59.7. The molecule has 12 unspecified atom stereocenters. The number of nitrogen functional groups attached to an aromatic ring is 2. The molecule has 5 aromatic heterocycles. The van der Waals surface area contributed by atoms with Crippen molar-refractivity contribution >= 4 is 57.6 Å². The number of hydrogen-bond donors (Lipinski definition) is 16. The van der Waals surface area contributed by atoms with Gasteiger partial charge in [0.2, 0.25) is 5.95 Å². The molecule has 0 aromatic carbocycles. The molecule has 3 saturated heterocycles. The number of imidazole rings is 2. The summed E-state index contributed by atoms with van der Waals surface area (Å²) in [5.41, 5.74) is 9.03. The van der Waals surface area contributed by atoms with Crippen LogP contribution in [0.25, 0.3) is 22.3 Å². The van der Waals surface area contributed by atoms with Gasteiger partial charge in [0.05, 0.1) is 38.8 Å². The maximum absolute atomic E-state index is 11.7. The number of fused-ring (bicyclic) bond motifs is 2. The molecule has 36 nitrogen and oxygen atoms in total. The second-order valence-electron chi connectivity index (χ2n) is 14.4. The molecule has 8 heterocycles. The molecule has 3 aliphatic heterocycles. The fourth-order valence-electron chi connectivity index (χ4n) is 6.60. The van der Waals surface area contributed by atoms with Crippen molar-refractivity contribution in [1.29, 1.82) is 0 Å². The lowest BCUT2D eigenvalue weighted by Gasteiger charge is -2.16. The number of phosphoric acid groups is 3. The number of hydrogen-bond acceptors (Lipinski definition) is 25. The van der Waals surface area contributed by atoms with E-state index in [1.807, 2.05) is 0 Å². The van der Waals surface area contributed by atoms with E-state index in [2.05, 4.69) is 48.5 Å². The molecule has 8 rings (SSSR count). The van der Waals surface area contributed by atoms with Crippen LogP contribution in [0.5, 0.6) is 0 Å². The molecule has 3 fully saturated rings. The molecule has 0 saturated carbocycles. The highest BCUT2D eigenvalue weighted by atomic mass is 31.2. The van der Waals surface area contributed by atoms with E-state index in [0.717, 1.165) is 10.9 Å². The maximum atomic E-state index is 11.7. The van der Waals surface area contributed by atoms with E-state index in [4.69, 9.17) is 55.0 Å². The highest BCUT2D eigenvalue weighted by molar-refractivity contribution is 7.46. The van der Waals surface area contributed by atoms with E-state index < -0.39 is 134 Å². The number of nitrogens with zero attached hydrogens (tertiary/aromatic N) is 8. The Kier molecular flexibility index (Phi) is 15.9. The predicted molar refractivity (Wildman–Crippen MR) is 215 cm³/mol. The zero-order valence-corrected chi connectivity index (χ0v) is 36.5. The van der Waals surface area contributed by atoms with Crippen molar-refractivity contribution < 1.29 is 101 Å². The number of phosphoric ester groups is 3. The van der Waals surface area contributed by atoms with Gasteiger partial charge in [-0.3, -0.25) is 41.8 Å². The highest BCUT2D eigenvalue weighted by Gasteiger charge is 2.47. The Labute approximate surface area is 374 Å². The lowest BCUT2D eigenvalue weighted by Crippen LogP contribution is -2.36. The second-order valence-corrected chi connectivity index (χ2v) is 18.1. The number of aromatic nitrogens is 10. The van der Waals surface area contributed by atoms with Gasteiger partial charge in [0.1, 0.15) is 60.8 Å². The summed E-state index contributed by atoms with van der Waals surface area (Å²) in [6, 6.07) is 1.29. The minimum Gasteiger partial charge on any atom is -0.387 e. The fraction of sp³-hybridized carbons (Fsp3) is 0.517. The molecule has 39 heteroatoms. The van der Waals surface area contributed by atoms with Crippen LogP contribution in [0.2, 0.25) is 0 Å². The molecule has 376 valence electrons. The van der Waals surface area contributed by atoms with E-state index in [1.165, 1.54) is 34.1 Å². The van der Waals surface area contributed by atoms with Crippen molar-refractivity contribution in [3.8, 4) is 0 Å². The third kappa shape index (κ3) is 12.3. The van der Waals surface area contributed by atoms with Gasteiger partial charge < -0.3 is 90.7 Å². The number of anilines is 2. The van der Waals surface area contributed by atoms with Crippen LogP contribution >= 0.6 is 23.5 Å². The molecule has 0 radical (unpaired) electrons. The van der Waals surface area contributed by atoms with Gasteiger partial charge >= 0.3 is 29.2 Å². The van der Waals surface area contributed by atoms with Crippen LogP contribution in [0.3, 0.4) is 0 Å². The van der Waals surface area contributed by atoms with Crippen LogP contribution in [0.4, 0.5) is 11.8 Å². The molecule has 12 atom stereocenters. The molecular weight excluding hydrogens is 993 g/mol. The molecule has 0 spiro atoms. The van der Waals surface area contributed by atoms with Crippen LogP contribution in [-0.2, 0) is 41.5 Å². The molecule has 0 amide bonds. The number of rotatable bonds is 12. The summed E-state index contributed by atoms with van der Waals surface area (Å²) in [7, 11) is -14.2.